The smallest absolute Gasteiger partial charge is 0.387 e. The third-order valence-electron chi connectivity index (χ3n) is 3.41. The van der Waals surface area contributed by atoms with Gasteiger partial charge in [0.15, 0.2) is 0 Å². The number of nitrogens with one attached hydrogen (secondary N) is 1. The van der Waals surface area contributed by atoms with Crippen molar-refractivity contribution in [2.24, 2.45) is 0 Å². The number of amides is 1. The molecule has 0 bridgehead atoms. The van der Waals surface area contributed by atoms with Crippen LogP contribution in [0.5, 0.6) is 0 Å². The van der Waals surface area contributed by atoms with Crippen LogP contribution in [0.25, 0.3) is 21.0 Å². The van der Waals surface area contributed by atoms with E-state index in [0.717, 1.165) is 24.8 Å². The number of benzene rings is 1. The van der Waals surface area contributed by atoms with E-state index < -0.39 is 5.76 Å². The first-order chi connectivity index (χ1) is 12.1. The Morgan fingerprint density at radius 2 is 2.24 bits per heavy atom. The Morgan fingerprint density at radius 3 is 3.04 bits per heavy atom. The molecule has 7 nitrogen and oxygen atoms in total. The van der Waals surface area contributed by atoms with Crippen molar-refractivity contribution in [2.45, 2.75) is 13.5 Å². The molecule has 4 rings (SSSR count). The largest absolute Gasteiger partial charge is 0.437 e. The van der Waals surface area contributed by atoms with Crippen LogP contribution in [0.4, 0.5) is 5.69 Å². The van der Waals surface area contributed by atoms with Crippen LogP contribution in [0.1, 0.15) is 5.01 Å². The molecular formula is C16H12N4O3S2. The van der Waals surface area contributed by atoms with Crippen LogP contribution in [-0.4, -0.2) is 20.7 Å². The van der Waals surface area contributed by atoms with Gasteiger partial charge in [0.2, 0.25) is 5.91 Å². The number of hydrogen-bond donors (Lipinski definition) is 1. The monoisotopic (exact) mass is 372 g/mol. The fourth-order valence-electron chi connectivity index (χ4n) is 2.36. The minimum Gasteiger partial charge on any atom is -0.387 e. The number of anilines is 1. The molecule has 0 aliphatic rings. The molecule has 0 unspecified atom stereocenters. The van der Waals surface area contributed by atoms with Gasteiger partial charge in [0.05, 0.1) is 20.1 Å². The number of fused-ring (bicyclic) bond motifs is 1. The van der Waals surface area contributed by atoms with Gasteiger partial charge in [0.1, 0.15) is 6.54 Å². The second-order valence-electron chi connectivity index (χ2n) is 5.27. The standard InChI is InChI=1S/C16H12N4O3S2/c1-9-17-11-5-4-10(7-13(11)25-9)18-14(21)8-20-16(22)23-15(19-20)12-3-2-6-24-12/h2-7H,8H2,1H3,(H,18,21). The lowest BCUT2D eigenvalue weighted by Gasteiger charge is -2.04. The SMILES string of the molecule is Cc1nc2ccc(NC(=O)Cn3nc(-c4cccs4)oc3=O)cc2s1. The van der Waals surface area contributed by atoms with Gasteiger partial charge in [-0.1, -0.05) is 6.07 Å². The van der Waals surface area contributed by atoms with E-state index >= 15 is 0 Å². The molecule has 9 heteroatoms. The Kier molecular flexibility index (Phi) is 3.94. The first-order valence-electron chi connectivity index (χ1n) is 7.37. The van der Waals surface area contributed by atoms with E-state index in [4.69, 9.17) is 4.42 Å². The fraction of sp³-hybridized carbons (Fsp3) is 0.125. The van der Waals surface area contributed by atoms with Gasteiger partial charge in [-0.2, -0.15) is 4.68 Å². The Morgan fingerprint density at radius 1 is 1.36 bits per heavy atom. The average molecular weight is 372 g/mol. The van der Waals surface area contributed by atoms with Gasteiger partial charge in [0.25, 0.3) is 5.89 Å². The lowest BCUT2D eigenvalue weighted by molar-refractivity contribution is -0.117. The Bertz CT molecular complexity index is 1110. The molecule has 0 saturated heterocycles. The molecule has 0 aliphatic carbocycles. The van der Waals surface area contributed by atoms with Crippen LogP contribution in [-0.2, 0) is 11.3 Å². The molecule has 4 aromatic rings. The summed E-state index contributed by atoms with van der Waals surface area (Å²) in [5.41, 5.74) is 1.55. The summed E-state index contributed by atoms with van der Waals surface area (Å²) in [6.07, 6.45) is 0. The zero-order valence-corrected chi connectivity index (χ0v) is 14.7. The van der Waals surface area contributed by atoms with Crippen LogP contribution in [0.15, 0.2) is 44.9 Å². The zero-order valence-electron chi connectivity index (χ0n) is 13.1. The van der Waals surface area contributed by atoms with Crippen LogP contribution in [0.2, 0.25) is 0 Å². The summed E-state index contributed by atoms with van der Waals surface area (Å²) in [7, 11) is 0. The third kappa shape index (κ3) is 3.24. The number of carbonyl (C=O) groups is 1. The number of carbonyl (C=O) groups excluding carboxylic acids is 1. The minimum atomic E-state index is -0.660. The Hall–Kier alpha value is -2.78. The first kappa shape index (κ1) is 15.7. The van der Waals surface area contributed by atoms with Crippen LogP contribution >= 0.6 is 22.7 Å². The molecule has 0 radical (unpaired) electrons. The van der Waals surface area contributed by atoms with Crippen molar-refractivity contribution in [1.82, 2.24) is 14.8 Å². The number of nitrogens with zero attached hydrogens (tertiary/aromatic N) is 3. The highest BCUT2D eigenvalue weighted by Gasteiger charge is 2.14. The molecule has 3 heterocycles. The number of aromatic nitrogens is 3. The van der Waals surface area contributed by atoms with E-state index in [0.29, 0.717) is 5.69 Å². The van der Waals surface area contributed by atoms with Crippen molar-refractivity contribution >= 4 is 44.5 Å². The lowest BCUT2D eigenvalue weighted by Crippen LogP contribution is -2.25. The lowest BCUT2D eigenvalue weighted by atomic mass is 10.3. The second-order valence-corrected chi connectivity index (χ2v) is 7.45. The number of aryl methyl sites for hydroxylation is 1. The fourth-order valence-corrected chi connectivity index (χ4v) is 3.87. The van der Waals surface area contributed by atoms with Gasteiger partial charge in [-0.05, 0) is 36.6 Å². The van der Waals surface area contributed by atoms with E-state index in [1.807, 2.05) is 30.5 Å². The normalized spacial score (nSPS) is 11.1. The van der Waals surface area contributed by atoms with Gasteiger partial charge in [-0.15, -0.1) is 27.8 Å². The van der Waals surface area contributed by atoms with E-state index in [1.165, 1.54) is 11.3 Å². The second kappa shape index (κ2) is 6.26. The summed E-state index contributed by atoms with van der Waals surface area (Å²) in [5, 5.41) is 9.66. The molecule has 1 aromatic carbocycles. The molecule has 0 atom stereocenters. The zero-order chi connectivity index (χ0) is 17.4. The molecule has 25 heavy (non-hydrogen) atoms. The average Bonchev–Trinajstić information content (AvgIpc) is 3.27. The van der Waals surface area contributed by atoms with Crippen molar-refractivity contribution in [1.29, 1.82) is 0 Å². The van der Waals surface area contributed by atoms with Gasteiger partial charge in [0, 0.05) is 5.69 Å². The number of thiophene rings is 1. The Labute approximate surface area is 149 Å². The molecule has 1 amide bonds. The van der Waals surface area contributed by atoms with E-state index in [2.05, 4.69) is 15.4 Å². The van der Waals surface area contributed by atoms with Crippen LogP contribution in [0, 0.1) is 6.92 Å². The summed E-state index contributed by atoms with van der Waals surface area (Å²) >= 11 is 2.97. The predicted molar refractivity (Wildman–Crippen MR) is 97.1 cm³/mol. The summed E-state index contributed by atoms with van der Waals surface area (Å²) in [5.74, 6) is -0.796. The van der Waals surface area contributed by atoms with Crippen molar-refractivity contribution in [3.63, 3.8) is 0 Å². The van der Waals surface area contributed by atoms with E-state index in [1.54, 1.807) is 23.5 Å². The van der Waals surface area contributed by atoms with Crippen LogP contribution in [0.3, 0.4) is 0 Å². The van der Waals surface area contributed by atoms with Crippen molar-refractivity contribution in [3.8, 4) is 10.8 Å². The predicted octanol–water partition coefficient (Wildman–Crippen LogP) is 3.12. The third-order valence-corrected chi connectivity index (χ3v) is 5.20. The van der Waals surface area contributed by atoms with E-state index in [9.17, 15) is 9.59 Å². The molecule has 126 valence electrons. The highest BCUT2D eigenvalue weighted by atomic mass is 32.1. The van der Waals surface area contributed by atoms with Gasteiger partial charge < -0.3 is 9.73 Å². The van der Waals surface area contributed by atoms with Gasteiger partial charge in [-0.25, -0.2) is 9.78 Å². The number of hydrogen-bond acceptors (Lipinski definition) is 7. The summed E-state index contributed by atoms with van der Waals surface area (Å²) in [6.45, 7) is 1.72. The summed E-state index contributed by atoms with van der Waals surface area (Å²) in [6, 6.07) is 9.13. The molecule has 1 N–H and O–H groups in total. The molecule has 0 aliphatic heterocycles. The maximum absolute atomic E-state index is 12.2. The highest BCUT2D eigenvalue weighted by molar-refractivity contribution is 7.18. The quantitative estimate of drug-likeness (QED) is 0.594. The maximum atomic E-state index is 12.2. The van der Waals surface area contributed by atoms with Gasteiger partial charge in [-0.3, -0.25) is 4.79 Å². The summed E-state index contributed by atoms with van der Waals surface area (Å²) < 4.78 is 7.10. The summed E-state index contributed by atoms with van der Waals surface area (Å²) in [4.78, 5) is 29.2. The molecular weight excluding hydrogens is 360 g/mol. The minimum absolute atomic E-state index is 0.215. The Balaban J connectivity index is 1.50. The van der Waals surface area contributed by atoms with E-state index in [-0.39, 0.29) is 18.3 Å². The topological polar surface area (TPSA) is 90.0 Å². The number of rotatable bonds is 4. The van der Waals surface area contributed by atoms with Crippen molar-refractivity contribution in [3.05, 3.63) is 51.3 Å². The number of thiazole rings is 1. The molecule has 0 spiro atoms. The van der Waals surface area contributed by atoms with Crippen molar-refractivity contribution in [2.75, 3.05) is 5.32 Å². The molecule has 0 fully saturated rings. The highest BCUT2D eigenvalue weighted by Crippen LogP contribution is 2.25. The van der Waals surface area contributed by atoms with Crippen LogP contribution < -0.4 is 11.1 Å². The first-order valence-corrected chi connectivity index (χ1v) is 9.07. The van der Waals surface area contributed by atoms with Gasteiger partial charge >= 0.3 is 5.76 Å². The maximum Gasteiger partial charge on any atom is 0.437 e. The molecule has 3 aromatic heterocycles. The molecule has 0 saturated carbocycles. The van der Waals surface area contributed by atoms with Crippen molar-refractivity contribution < 1.29 is 9.21 Å².